The fourth-order valence-corrected chi connectivity index (χ4v) is 6.62. The van der Waals surface area contributed by atoms with Crippen LogP contribution in [0.1, 0.15) is 38.5 Å². The molecule has 0 radical (unpaired) electrons. The second-order valence-electron chi connectivity index (χ2n) is 8.61. The molecule has 2 fully saturated rings. The maximum atomic E-state index is 10.7. The van der Waals surface area contributed by atoms with Gasteiger partial charge >= 0.3 is 26.2 Å². The summed E-state index contributed by atoms with van der Waals surface area (Å²) >= 11 is 0. The van der Waals surface area contributed by atoms with Gasteiger partial charge < -0.3 is 35.0 Å². The number of allylic oxidation sites excluding steroid dienone is 8. The van der Waals surface area contributed by atoms with E-state index < -0.39 is 0 Å². The van der Waals surface area contributed by atoms with Crippen molar-refractivity contribution >= 4 is 0 Å². The van der Waals surface area contributed by atoms with Crippen LogP contribution < -0.4 is 24.8 Å². The Morgan fingerprint density at radius 3 is 1.61 bits per heavy atom. The van der Waals surface area contributed by atoms with E-state index in [0.717, 1.165) is 12.8 Å². The number of halogens is 2. The van der Waals surface area contributed by atoms with Gasteiger partial charge in [-0.2, -0.15) is 0 Å². The van der Waals surface area contributed by atoms with Gasteiger partial charge in [0, 0.05) is 18.6 Å². The standard InChI is InChI=1S/C23H32O2.2ClH.Zr/c24-15-5-14-23(16-25,21-12-10-17-6-1-3-8-19(17)21)22-13-11-18-7-2-4-9-20(18)22;;;/h1-4,6-9,17-22,24-25H,5,10-16H2;2*1H;/q;;;+2/p-2. The molecule has 28 heavy (non-hydrogen) atoms. The van der Waals surface area contributed by atoms with Crippen LogP contribution in [0.25, 0.3) is 0 Å². The Morgan fingerprint density at radius 1 is 0.714 bits per heavy atom. The topological polar surface area (TPSA) is 40.5 Å². The van der Waals surface area contributed by atoms with Gasteiger partial charge in [-0.15, -0.1) is 0 Å². The normalized spacial score (nSPS) is 36.5. The van der Waals surface area contributed by atoms with Crippen molar-refractivity contribution < 1.29 is 61.2 Å². The molecule has 4 rings (SSSR count). The fraction of sp³-hybridized carbons (Fsp3) is 0.652. The summed E-state index contributed by atoms with van der Waals surface area (Å²) in [7, 11) is 0. The zero-order chi connectivity index (χ0) is 17.3. The molecular weight excluding hydrogens is 470 g/mol. The summed E-state index contributed by atoms with van der Waals surface area (Å²) in [4.78, 5) is 0. The molecule has 2 nitrogen and oxygen atoms in total. The van der Waals surface area contributed by atoms with Crippen LogP contribution in [0.3, 0.4) is 0 Å². The number of hydrogen-bond acceptors (Lipinski definition) is 2. The van der Waals surface area contributed by atoms with Crippen molar-refractivity contribution in [2.24, 2.45) is 40.9 Å². The first-order valence-corrected chi connectivity index (χ1v) is 10.2. The van der Waals surface area contributed by atoms with Crippen molar-refractivity contribution in [3.05, 3.63) is 48.6 Å². The molecule has 2 saturated carbocycles. The largest absolute Gasteiger partial charge is 2.00 e. The Bertz CT molecular complexity index is 557. The Morgan fingerprint density at radius 2 is 1.18 bits per heavy atom. The number of hydrogen-bond donors (Lipinski definition) is 2. The molecule has 6 unspecified atom stereocenters. The SMILES string of the molecule is OCCCC(CO)(C1CCC2C=CC=CC21)C1CCC2C=CC=CC21.[Cl-].[Cl-].[Zr+2]. The van der Waals surface area contributed by atoms with E-state index >= 15 is 0 Å². The third kappa shape index (κ3) is 4.65. The average molecular weight is 503 g/mol. The Hall–Kier alpha value is 0.343. The molecule has 0 amide bonds. The minimum atomic E-state index is -0.0490. The summed E-state index contributed by atoms with van der Waals surface area (Å²) in [5.41, 5.74) is -0.0490. The van der Waals surface area contributed by atoms with E-state index in [1.54, 1.807) is 0 Å². The van der Waals surface area contributed by atoms with Gasteiger partial charge in [0.1, 0.15) is 0 Å². The van der Waals surface area contributed by atoms with E-state index in [4.69, 9.17) is 0 Å². The number of aliphatic hydroxyl groups is 2. The molecule has 0 bridgehead atoms. The van der Waals surface area contributed by atoms with E-state index in [-0.39, 0.29) is 69.6 Å². The molecule has 0 heterocycles. The Balaban J connectivity index is 0.00000131. The molecule has 0 saturated heterocycles. The third-order valence-electron chi connectivity index (χ3n) is 7.72. The maximum Gasteiger partial charge on any atom is 2.00 e. The quantitative estimate of drug-likeness (QED) is 0.454. The molecule has 4 aliphatic rings. The summed E-state index contributed by atoms with van der Waals surface area (Å²) in [6.07, 6.45) is 25.0. The molecule has 6 atom stereocenters. The van der Waals surface area contributed by atoms with Gasteiger partial charge in [0.2, 0.25) is 0 Å². The molecule has 0 aromatic heterocycles. The van der Waals surface area contributed by atoms with Crippen molar-refractivity contribution in [3.63, 3.8) is 0 Å². The van der Waals surface area contributed by atoms with Gasteiger partial charge in [-0.1, -0.05) is 48.6 Å². The van der Waals surface area contributed by atoms with Crippen LogP contribution in [0, 0.1) is 40.9 Å². The van der Waals surface area contributed by atoms with Crippen molar-refractivity contribution in [3.8, 4) is 0 Å². The third-order valence-corrected chi connectivity index (χ3v) is 7.72. The van der Waals surface area contributed by atoms with Crippen LogP contribution in [-0.2, 0) is 26.2 Å². The molecular formula is C23H32Cl2O2Zr. The van der Waals surface area contributed by atoms with Gasteiger partial charge in [-0.25, -0.2) is 0 Å². The van der Waals surface area contributed by atoms with Gasteiger partial charge in [0.15, 0.2) is 0 Å². The van der Waals surface area contributed by atoms with Gasteiger partial charge in [-0.3, -0.25) is 0 Å². The molecule has 5 heteroatoms. The zero-order valence-corrected chi connectivity index (χ0v) is 20.4. The van der Waals surface area contributed by atoms with Crippen LogP contribution in [0.15, 0.2) is 48.6 Å². The first-order valence-electron chi connectivity index (χ1n) is 10.2. The van der Waals surface area contributed by atoms with E-state index in [1.165, 1.54) is 25.7 Å². The average Bonchev–Trinajstić information content (AvgIpc) is 3.28. The number of rotatable bonds is 6. The molecule has 0 aromatic carbocycles. The minimum absolute atomic E-state index is 0. The first kappa shape index (κ1) is 26.4. The van der Waals surface area contributed by atoms with Crippen LogP contribution in [0.5, 0.6) is 0 Å². The van der Waals surface area contributed by atoms with E-state index in [1.807, 2.05) is 0 Å². The second kappa shape index (κ2) is 11.7. The van der Waals surface area contributed by atoms with Crippen LogP contribution in [0.4, 0.5) is 0 Å². The van der Waals surface area contributed by atoms with Gasteiger partial charge in [-0.05, 0) is 74.0 Å². The van der Waals surface area contributed by atoms with Gasteiger partial charge in [0.25, 0.3) is 0 Å². The summed E-state index contributed by atoms with van der Waals surface area (Å²) in [6, 6.07) is 0. The van der Waals surface area contributed by atoms with Crippen LogP contribution in [-0.4, -0.2) is 23.4 Å². The van der Waals surface area contributed by atoms with Crippen LogP contribution >= 0.6 is 0 Å². The maximum absolute atomic E-state index is 10.7. The van der Waals surface area contributed by atoms with Crippen LogP contribution in [0.2, 0.25) is 0 Å². The van der Waals surface area contributed by atoms with Gasteiger partial charge in [0.05, 0.1) is 0 Å². The first-order chi connectivity index (χ1) is 12.3. The minimum Gasteiger partial charge on any atom is -1.00 e. The van der Waals surface area contributed by atoms with Crippen molar-refractivity contribution in [1.82, 2.24) is 0 Å². The second-order valence-corrected chi connectivity index (χ2v) is 8.61. The molecule has 0 aromatic rings. The summed E-state index contributed by atoms with van der Waals surface area (Å²) < 4.78 is 0. The fourth-order valence-electron chi connectivity index (χ4n) is 6.62. The van der Waals surface area contributed by atoms with Crippen molar-refractivity contribution in [1.29, 1.82) is 0 Å². The van der Waals surface area contributed by atoms with Crippen molar-refractivity contribution in [2.75, 3.05) is 13.2 Å². The summed E-state index contributed by atoms with van der Waals surface area (Å²) in [6.45, 7) is 0.499. The predicted octanol–water partition coefficient (Wildman–Crippen LogP) is -1.72. The number of fused-ring (bicyclic) bond motifs is 2. The molecule has 2 N–H and O–H groups in total. The smallest absolute Gasteiger partial charge is 1.00 e. The zero-order valence-electron chi connectivity index (χ0n) is 16.4. The molecule has 0 spiro atoms. The Labute approximate surface area is 201 Å². The van der Waals surface area contributed by atoms with E-state index in [2.05, 4.69) is 48.6 Å². The summed E-state index contributed by atoms with van der Waals surface area (Å²) in [5, 5.41) is 20.3. The number of aliphatic hydroxyl groups excluding tert-OH is 2. The van der Waals surface area contributed by atoms with E-state index in [0.29, 0.717) is 35.5 Å². The molecule has 0 aliphatic heterocycles. The molecule has 154 valence electrons. The predicted molar refractivity (Wildman–Crippen MR) is 102 cm³/mol. The van der Waals surface area contributed by atoms with E-state index in [9.17, 15) is 10.2 Å². The summed E-state index contributed by atoms with van der Waals surface area (Å²) in [5.74, 6) is 3.51. The molecule has 4 aliphatic carbocycles. The Kier molecular flexibility index (Phi) is 11.0. The van der Waals surface area contributed by atoms with Crippen molar-refractivity contribution in [2.45, 2.75) is 38.5 Å². The monoisotopic (exact) mass is 500 g/mol.